The van der Waals surface area contributed by atoms with Crippen LogP contribution >= 0.6 is 7.26 Å². The Kier molecular flexibility index (Phi) is 16.1. The number of unbranched alkanes of at least 4 members (excludes halogenated alkanes) is 1. The van der Waals surface area contributed by atoms with Crippen molar-refractivity contribution in [1.29, 1.82) is 0 Å². The molecule has 4 aromatic rings. The molecular formula is C40H45O5PS. The predicted molar refractivity (Wildman–Crippen MR) is 196 cm³/mol. The van der Waals surface area contributed by atoms with E-state index >= 15 is 0 Å². The molecule has 0 N–H and O–H groups in total. The van der Waals surface area contributed by atoms with Crippen molar-refractivity contribution in [3.05, 3.63) is 157 Å². The number of ether oxygens (including phenoxy) is 1. The van der Waals surface area contributed by atoms with E-state index in [0.717, 1.165) is 43.8 Å². The SMILES string of the molecule is COC(=O)CCC/C=C\C/C=C\C/C=C\CC[P+](c1ccccc1)(c1ccccc1)c1ccccc1.Cc1ccc(S(=O)(=O)[O-])cc1. The fourth-order valence-electron chi connectivity index (χ4n) is 5.10. The molecule has 0 aromatic heterocycles. The van der Waals surface area contributed by atoms with Gasteiger partial charge in [-0.3, -0.25) is 4.79 Å². The molecule has 0 bridgehead atoms. The highest BCUT2D eigenvalue weighted by Crippen LogP contribution is 2.55. The summed E-state index contributed by atoms with van der Waals surface area (Å²) in [6.07, 6.45) is 19.6. The highest BCUT2D eigenvalue weighted by Gasteiger charge is 2.44. The quantitative estimate of drug-likeness (QED) is 0.0421. The number of methoxy groups -OCH3 is 1. The van der Waals surface area contributed by atoms with Crippen molar-refractivity contribution in [3.63, 3.8) is 0 Å². The Morgan fingerprint density at radius 1 is 0.660 bits per heavy atom. The summed E-state index contributed by atoms with van der Waals surface area (Å²) in [5.74, 6) is -0.134. The van der Waals surface area contributed by atoms with E-state index in [9.17, 15) is 17.8 Å². The van der Waals surface area contributed by atoms with Crippen LogP contribution in [0, 0.1) is 6.92 Å². The molecule has 0 fully saturated rings. The molecule has 0 radical (unpaired) electrons. The number of hydrogen-bond donors (Lipinski definition) is 0. The first-order chi connectivity index (χ1) is 22.8. The lowest BCUT2D eigenvalue weighted by Gasteiger charge is -2.27. The third-order valence-corrected chi connectivity index (χ3v) is 12.9. The minimum atomic E-state index is -4.27. The van der Waals surface area contributed by atoms with Gasteiger partial charge >= 0.3 is 5.97 Å². The van der Waals surface area contributed by atoms with Crippen LogP contribution in [0.4, 0.5) is 0 Å². The molecule has 4 rings (SSSR count). The monoisotopic (exact) mass is 668 g/mol. The lowest BCUT2D eigenvalue weighted by atomic mass is 10.2. The van der Waals surface area contributed by atoms with E-state index in [1.165, 1.54) is 35.2 Å². The largest absolute Gasteiger partial charge is 0.744 e. The summed E-state index contributed by atoms with van der Waals surface area (Å²) in [6.45, 7) is 1.82. The molecule has 7 heteroatoms. The summed E-state index contributed by atoms with van der Waals surface area (Å²) in [5.41, 5.74) is 0.928. The van der Waals surface area contributed by atoms with Crippen LogP contribution in [0.2, 0.25) is 0 Å². The molecule has 0 spiro atoms. The molecule has 0 saturated heterocycles. The molecule has 246 valence electrons. The van der Waals surface area contributed by atoms with Crippen LogP contribution in [0.25, 0.3) is 0 Å². The summed E-state index contributed by atoms with van der Waals surface area (Å²) in [5, 5.41) is 4.32. The van der Waals surface area contributed by atoms with Gasteiger partial charge in [-0.05, 0) is 81.1 Å². The average molecular weight is 669 g/mol. The molecule has 0 saturated carbocycles. The van der Waals surface area contributed by atoms with E-state index < -0.39 is 17.4 Å². The molecule has 0 aliphatic heterocycles. The first-order valence-electron chi connectivity index (χ1n) is 15.9. The number of aryl methyl sites for hydroxylation is 1. The van der Waals surface area contributed by atoms with Crippen LogP contribution < -0.4 is 15.9 Å². The lowest BCUT2D eigenvalue weighted by Crippen LogP contribution is -2.33. The maximum absolute atomic E-state index is 11.1. The van der Waals surface area contributed by atoms with Gasteiger partial charge in [-0.25, -0.2) is 8.42 Å². The second kappa shape index (κ2) is 20.2. The maximum atomic E-state index is 11.1. The van der Waals surface area contributed by atoms with E-state index in [-0.39, 0.29) is 10.9 Å². The molecule has 47 heavy (non-hydrogen) atoms. The summed E-state index contributed by atoms with van der Waals surface area (Å²) in [7, 11) is -4.58. The third kappa shape index (κ3) is 12.6. The molecule has 5 nitrogen and oxygen atoms in total. The minimum absolute atomic E-state index is 0.134. The smallest absolute Gasteiger partial charge is 0.305 e. The van der Waals surface area contributed by atoms with Crippen molar-refractivity contribution in [2.24, 2.45) is 0 Å². The number of benzene rings is 4. The highest BCUT2D eigenvalue weighted by molar-refractivity contribution is 7.95. The number of allylic oxidation sites excluding steroid dienone is 6. The van der Waals surface area contributed by atoms with Crippen LogP contribution in [-0.4, -0.2) is 32.2 Å². The van der Waals surface area contributed by atoms with Crippen LogP contribution in [-0.2, 0) is 19.6 Å². The molecule has 0 amide bonds. The van der Waals surface area contributed by atoms with E-state index in [2.05, 4.69) is 132 Å². The molecule has 0 aliphatic rings. The van der Waals surface area contributed by atoms with E-state index in [1.807, 2.05) is 6.92 Å². The van der Waals surface area contributed by atoms with Crippen molar-refractivity contribution in [3.8, 4) is 0 Å². The van der Waals surface area contributed by atoms with E-state index in [4.69, 9.17) is 0 Å². The van der Waals surface area contributed by atoms with Crippen molar-refractivity contribution in [2.75, 3.05) is 13.3 Å². The van der Waals surface area contributed by atoms with Gasteiger partial charge in [0.05, 0.1) is 18.2 Å². The zero-order valence-electron chi connectivity index (χ0n) is 27.3. The normalized spacial score (nSPS) is 11.9. The van der Waals surface area contributed by atoms with Gasteiger partial charge in [-0.15, -0.1) is 0 Å². The van der Waals surface area contributed by atoms with E-state index in [1.54, 1.807) is 12.1 Å². The Morgan fingerprint density at radius 2 is 1.09 bits per heavy atom. The Bertz CT molecular complexity index is 1570. The summed E-state index contributed by atoms with van der Waals surface area (Å²) < 4.78 is 35.8. The van der Waals surface area contributed by atoms with Gasteiger partial charge in [-0.1, -0.05) is 109 Å². The van der Waals surface area contributed by atoms with Gasteiger partial charge in [0, 0.05) is 12.8 Å². The Hall–Kier alpha value is -4.09. The summed E-state index contributed by atoms with van der Waals surface area (Å²) in [4.78, 5) is 10.9. The maximum Gasteiger partial charge on any atom is 0.305 e. The first kappa shape index (κ1) is 37.4. The number of hydrogen-bond acceptors (Lipinski definition) is 5. The number of esters is 1. The molecule has 0 atom stereocenters. The fraction of sp³-hybridized carbons (Fsp3) is 0.225. The third-order valence-electron chi connectivity index (χ3n) is 7.56. The van der Waals surface area contributed by atoms with Gasteiger partial charge in [0.25, 0.3) is 0 Å². The van der Waals surface area contributed by atoms with Gasteiger partial charge in [-0.2, -0.15) is 0 Å². The average Bonchev–Trinajstić information content (AvgIpc) is 3.09. The molecule has 0 aliphatic carbocycles. The van der Waals surface area contributed by atoms with Crippen molar-refractivity contribution in [2.45, 2.75) is 50.3 Å². The highest BCUT2D eigenvalue weighted by atomic mass is 32.2. The van der Waals surface area contributed by atoms with Crippen molar-refractivity contribution >= 4 is 39.3 Å². The number of rotatable bonds is 15. The van der Waals surface area contributed by atoms with Crippen LogP contribution in [0.5, 0.6) is 0 Å². The predicted octanol–water partition coefficient (Wildman–Crippen LogP) is 8.06. The zero-order valence-corrected chi connectivity index (χ0v) is 29.0. The van der Waals surface area contributed by atoms with Gasteiger partial charge in [0.1, 0.15) is 33.3 Å². The van der Waals surface area contributed by atoms with Gasteiger partial charge in [0.2, 0.25) is 0 Å². The summed E-state index contributed by atoms with van der Waals surface area (Å²) in [6, 6.07) is 39.0. The zero-order chi connectivity index (χ0) is 33.8. The fourth-order valence-corrected chi connectivity index (χ4v) is 9.82. The van der Waals surface area contributed by atoms with Crippen molar-refractivity contribution < 1.29 is 22.5 Å². The second-order valence-corrected chi connectivity index (χ2v) is 15.9. The van der Waals surface area contributed by atoms with Crippen LogP contribution in [0.3, 0.4) is 0 Å². The van der Waals surface area contributed by atoms with Crippen LogP contribution in [0.1, 0.15) is 44.1 Å². The molecule has 0 heterocycles. The van der Waals surface area contributed by atoms with E-state index in [0.29, 0.717) is 6.42 Å². The molecular weight excluding hydrogens is 623 g/mol. The topological polar surface area (TPSA) is 83.5 Å². The first-order valence-corrected chi connectivity index (χ1v) is 19.2. The Morgan fingerprint density at radius 3 is 1.51 bits per heavy atom. The Labute approximate surface area is 281 Å². The van der Waals surface area contributed by atoms with Crippen molar-refractivity contribution in [1.82, 2.24) is 0 Å². The second-order valence-electron chi connectivity index (χ2n) is 10.9. The minimum Gasteiger partial charge on any atom is -0.744 e. The lowest BCUT2D eigenvalue weighted by molar-refractivity contribution is -0.140. The summed E-state index contributed by atoms with van der Waals surface area (Å²) >= 11 is 0. The number of carbonyl (C=O) groups excluding carboxylic acids is 1. The Balaban J connectivity index is 0.000000461. The van der Waals surface area contributed by atoms with Gasteiger partial charge in [0.15, 0.2) is 0 Å². The molecule has 0 unspecified atom stereocenters. The standard InChI is InChI=1S/C33H38O2P.C7H8O3S/c1-35-33(34)28-20-9-7-5-3-2-4-6-8-10-21-29-36(30-22-14-11-15-23-30,31-24-16-12-17-25-31)32-26-18-13-19-27-32;1-6-2-4-7(5-3-6)11(8,9)10/h2,4-5,7-8,10-19,22-27H,3,6,9,20-21,28-29H2,1H3;2-5H,1H3,(H,8,9,10)/q+1;/p-1/b4-2-,7-5-,10-8-;. The van der Waals surface area contributed by atoms with Gasteiger partial charge < -0.3 is 9.29 Å². The number of carbonyl (C=O) groups is 1. The van der Waals surface area contributed by atoms with Crippen LogP contribution in [0.15, 0.2) is 157 Å². The molecule has 4 aromatic carbocycles.